The Balaban J connectivity index is 2.54. The normalized spacial score (nSPS) is 19.0. The van der Waals surface area contributed by atoms with Gasteiger partial charge in [-0.05, 0) is 0 Å². The zero-order valence-corrected chi connectivity index (χ0v) is 4.18. The molecule has 0 radical (unpaired) electrons. The molecule has 0 aromatic heterocycles. The Hall–Kier alpha value is -0.930. The van der Waals surface area contributed by atoms with Crippen LogP contribution in [0.2, 0.25) is 0 Å². The molecule has 0 spiro atoms. The molecule has 0 bridgehead atoms. The van der Waals surface area contributed by atoms with Crippen molar-refractivity contribution in [2.24, 2.45) is 10.8 Å². The van der Waals surface area contributed by atoms with Crippen LogP contribution in [0.1, 0.15) is 0 Å². The fourth-order valence-corrected chi connectivity index (χ4v) is 0.389. The van der Waals surface area contributed by atoms with Crippen LogP contribution in [-0.2, 0) is 0 Å². The number of nitrogens with zero attached hydrogens (tertiary/aromatic N) is 2. The molecule has 1 aliphatic rings. The summed E-state index contributed by atoms with van der Waals surface area (Å²) in [5, 5.41) is 3.69. The molecule has 1 aliphatic heterocycles. The quantitative estimate of drug-likeness (QED) is 0.398. The monoisotopic (exact) mass is 100 g/mol. The highest BCUT2D eigenvalue weighted by Gasteiger charge is 2.04. The smallest absolute Gasteiger partial charge is 0.214 e. The molecule has 0 aliphatic carbocycles. The zero-order valence-electron chi connectivity index (χ0n) is 4.18. The van der Waals surface area contributed by atoms with Crippen molar-refractivity contribution in [3.8, 4) is 0 Å². The highest BCUT2D eigenvalue weighted by atomic mass is 15.5. The second-order valence-corrected chi connectivity index (χ2v) is 1.48. The first-order valence-electron chi connectivity index (χ1n) is 2.08. The third-order valence-corrected chi connectivity index (χ3v) is 0.893. The number of rotatable bonds is 0. The third-order valence-electron chi connectivity index (χ3n) is 0.893. The first-order valence-corrected chi connectivity index (χ1v) is 2.08. The Kier molecular flexibility index (Phi) is 0.780. The zero-order chi connectivity index (χ0) is 5.28. The number of nitrogens with two attached hydrogens (primary N) is 1. The van der Waals surface area contributed by atoms with E-state index < -0.39 is 0 Å². The molecule has 7 heavy (non-hydrogen) atoms. The van der Waals surface area contributed by atoms with Gasteiger partial charge < -0.3 is 10.6 Å². The van der Waals surface area contributed by atoms with E-state index >= 15 is 0 Å². The molecule has 0 amide bonds. The summed E-state index contributed by atoms with van der Waals surface area (Å²) in [7, 11) is 1.87. The average Bonchev–Trinajstić information content (AvgIpc) is 1.91. The van der Waals surface area contributed by atoms with E-state index in [0.717, 1.165) is 6.67 Å². The van der Waals surface area contributed by atoms with Gasteiger partial charge in [0, 0.05) is 7.05 Å². The lowest BCUT2D eigenvalue weighted by Gasteiger charge is -2.05. The van der Waals surface area contributed by atoms with Crippen LogP contribution >= 0.6 is 0 Å². The minimum atomic E-state index is 0.556. The molecule has 0 atom stereocenters. The molecule has 1 rings (SSSR count). The molecular formula is C3H8N4. The van der Waals surface area contributed by atoms with Crippen molar-refractivity contribution in [3.05, 3.63) is 0 Å². The summed E-state index contributed by atoms with van der Waals surface area (Å²) in [4.78, 5) is 1.82. The Morgan fingerprint density at radius 2 is 2.71 bits per heavy atom. The minimum absolute atomic E-state index is 0.556. The van der Waals surface area contributed by atoms with E-state index in [1.54, 1.807) is 0 Å². The first-order chi connectivity index (χ1) is 3.30. The molecular weight excluding hydrogens is 92.1 g/mol. The van der Waals surface area contributed by atoms with Gasteiger partial charge in [0.1, 0.15) is 6.67 Å². The summed E-state index contributed by atoms with van der Waals surface area (Å²) in [6.45, 7) is 0.728. The summed E-state index contributed by atoms with van der Waals surface area (Å²) in [5.41, 5.74) is 8.00. The topological polar surface area (TPSA) is 53.6 Å². The second-order valence-electron chi connectivity index (χ2n) is 1.48. The molecule has 0 fully saturated rings. The van der Waals surface area contributed by atoms with Crippen LogP contribution in [0.5, 0.6) is 0 Å². The Morgan fingerprint density at radius 3 is 2.86 bits per heavy atom. The van der Waals surface area contributed by atoms with Crippen molar-refractivity contribution < 1.29 is 0 Å². The molecule has 40 valence electrons. The molecule has 0 saturated heterocycles. The van der Waals surface area contributed by atoms with Gasteiger partial charge in [0.05, 0.1) is 0 Å². The molecule has 4 nitrogen and oxygen atoms in total. The van der Waals surface area contributed by atoms with E-state index in [2.05, 4.69) is 10.5 Å². The van der Waals surface area contributed by atoms with Crippen LogP contribution in [-0.4, -0.2) is 24.6 Å². The molecule has 0 aromatic carbocycles. The lowest BCUT2D eigenvalue weighted by molar-refractivity contribution is 0.503. The van der Waals surface area contributed by atoms with Crippen LogP contribution in [0.3, 0.4) is 0 Å². The van der Waals surface area contributed by atoms with E-state index in [9.17, 15) is 0 Å². The second kappa shape index (κ2) is 1.29. The molecule has 0 unspecified atom stereocenters. The van der Waals surface area contributed by atoms with E-state index in [0.29, 0.717) is 5.96 Å². The van der Waals surface area contributed by atoms with E-state index in [-0.39, 0.29) is 0 Å². The van der Waals surface area contributed by atoms with Crippen LogP contribution in [0.4, 0.5) is 0 Å². The van der Waals surface area contributed by atoms with E-state index in [1.165, 1.54) is 0 Å². The van der Waals surface area contributed by atoms with Gasteiger partial charge in [0.2, 0.25) is 5.96 Å². The number of hydrogen-bond donors (Lipinski definition) is 2. The van der Waals surface area contributed by atoms with Gasteiger partial charge >= 0.3 is 0 Å². The van der Waals surface area contributed by atoms with Gasteiger partial charge in [0.15, 0.2) is 0 Å². The van der Waals surface area contributed by atoms with E-state index in [1.807, 2.05) is 11.9 Å². The summed E-state index contributed by atoms with van der Waals surface area (Å²) in [6.07, 6.45) is 0. The minimum Gasteiger partial charge on any atom is -0.368 e. The highest BCUT2D eigenvalue weighted by Crippen LogP contribution is 1.83. The Bertz CT molecular complexity index is 97.1. The summed E-state index contributed by atoms with van der Waals surface area (Å²) in [5.74, 6) is 0.556. The van der Waals surface area contributed by atoms with Gasteiger partial charge in [-0.1, -0.05) is 0 Å². The van der Waals surface area contributed by atoms with Gasteiger partial charge in [0.25, 0.3) is 0 Å². The third kappa shape index (κ3) is 0.581. The van der Waals surface area contributed by atoms with Crippen molar-refractivity contribution >= 4 is 5.96 Å². The molecule has 1 heterocycles. The van der Waals surface area contributed by atoms with Crippen LogP contribution < -0.4 is 11.2 Å². The number of nitrogens with one attached hydrogen (secondary N) is 1. The van der Waals surface area contributed by atoms with Crippen molar-refractivity contribution in [3.63, 3.8) is 0 Å². The maximum Gasteiger partial charge on any atom is 0.214 e. The van der Waals surface area contributed by atoms with E-state index in [4.69, 9.17) is 5.73 Å². The first kappa shape index (κ1) is 4.23. The van der Waals surface area contributed by atoms with Gasteiger partial charge in [-0.3, -0.25) is 5.43 Å². The van der Waals surface area contributed by atoms with Crippen LogP contribution in [0, 0.1) is 0 Å². The van der Waals surface area contributed by atoms with Crippen molar-refractivity contribution in [2.75, 3.05) is 13.7 Å². The average molecular weight is 100 g/mol. The van der Waals surface area contributed by atoms with Crippen molar-refractivity contribution in [2.45, 2.75) is 0 Å². The Labute approximate surface area is 42.0 Å². The SMILES string of the molecule is CN1CNN=C1N. The molecule has 0 aromatic rings. The predicted octanol–water partition coefficient (Wildman–Crippen LogP) is -1.29. The number of hydrogen-bond acceptors (Lipinski definition) is 4. The summed E-state index contributed by atoms with van der Waals surface area (Å²) in [6, 6.07) is 0. The van der Waals surface area contributed by atoms with Gasteiger partial charge in [-0.2, -0.15) is 0 Å². The summed E-state index contributed by atoms with van der Waals surface area (Å²) < 4.78 is 0. The lowest BCUT2D eigenvalue weighted by atomic mass is 10.8. The maximum absolute atomic E-state index is 5.29. The van der Waals surface area contributed by atoms with Crippen molar-refractivity contribution in [1.29, 1.82) is 0 Å². The molecule has 0 saturated carbocycles. The highest BCUT2D eigenvalue weighted by molar-refractivity contribution is 5.78. The Morgan fingerprint density at radius 1 is 2.00 bits per heavy atom. The largest absolute Gasteiger partial charge is 0.368 e. The van der Waals surface area contributed by atoms with Gasteiger partial charge in [-0.25, -0.2) is 0 Å². The van der Waals surface area contributed by atoms with Gasteiger partial charge in [-0.15, -0.1) is 5.10 Å². The number of guanidine groups is 1. The molecule has 3 N–H and O–H groups in total. The lowest BCUT2D eigenvalue weighted by Crippen LogP contribution is -2.30. The number of hydrazone groups is 1. The molecule has 4 heteroatoms. The van der Waals surface area contributed by atoms with Crippen LogP contribution in [0.15, 0.2) is 5.10 Å². The van der Waals surface area contributed by atoms with Crippen LogP contribution in [0.25, 0.3) is 0 Å². The standard InChI is InChI=1S/C3H8N4/c1-7-2-5-6-3(7)4/h5H,2H2,1H3,(H2,4,6). The summed E-state index contributed by atoms with van der Waals surface area (Å²) >= 11 is 0. The van der Waals surface area contributed by atoms with Crippen molar-refractivity contribution in [1.82, 2.24) is 10.3 Å². The predicted molar refractivity (Wildman–Crippen MR) is 27.4 cm³/mol. The maximum atomic E-state index is 5.29. The fourth-order valence-electron chi connectivity index (χ4n) is 0.389. The fraction of sp³-hybridized carbons (Fsp3) is 0.667.